The molecule has 0 aliphatic carbocycles. The van der Waals surface area contributed by atoms with Gasteiger partial charge in [0.1, 0.15) is 0 Å². The van der Waals surface area contributed by atoms with Crippen molar-refractivity contribution in [3.8, 4) is 0 Å². The third-order valence-electron chi connectivity index (χ3n) is 2.45. The van der Waals surface area contributed by atoms with Crippen LogP contribution in [0.15, 0.2) is 29.4 Å². The smallest absolute Gasteiger partial charge is 0.151 e. The number of rotatable bonds is 2. The molecule has 0 bridgehead atoms. The van der Waals surface area contributed by atoms with E-state index in [1.165, 1.54) is 5.56 Å². The van der Waals surface area contributed by atoms with Gasteiger partial charge in [0.2, 0.25) is 0 Å². The van der Waals surface area contributed by atoms with Crippen LogP contribution in [0, 0.1) is 20.8 Å². The maximum Gasteiger partial charge on any atom is 0.151 e. The predicted octanol–water partition coefficient (Wildman–Crippen LogP) is 2.09. The Kier molecular flexibility index (Phi) is 2.81. The highest BCUT2D eigenvalue weighted by molar-refractivity contribution is 5.81. The van der Waals surface area contributed by atoms with E-state index in [1.807, 2.05) is 38.3 Å². The molecule has 4 heteroatoms. The second-order valence-corrected chi connectivity index (χ2v) is 3.71. The van der Waals surface area contributed by atoms with E-state index in [4.69, 9.17) is 0 Å². The quantitative estimate of drug-likeness (QED) is 0.718. The van der Waals surface area contributed by atoms with Crippen LogP contribution < -0.4 is 0 Å². The fraction of sp³-hybridized carbons (Fsp3) is 0.250. The molecule has 0 aliphatic rings. The van der Waals surface area contributed by atoms with Crippen LogP contribution in [-0.4, -0.2) is 21.1 Å². The van der Waals surface area contributed by atoms with Gasteiger partial charge in [-0.2, -0.15) is 5.10 Å². The summed E-state index contributed by atoms with van der Waals surface area (Å²) >= 11 is 0. The normalized spacial score (nSPS) is 11.2. The van der Waals surface area contributed by atoms with Gasteiger partial charge in [-0.15, -0.1) is 10.2 Å². The summed E-state index contributed by atoms with van der Waals surface area (Å²) in [5.41, 5.74) is 2.31. The summed E-state index contributed by atoms with van der Waals surface area (Å²) in [6.45, 7) is 5.83. The van der Waals surface area contributed by atoms with E-state index in [0.29, 0.717) is 0 Å². The van der Waals surface area contributed by atoms with Crippen LogP contribution in [0.25, 0.3) is 0 Å². The van der Waals surface area contributed by atoms with E-state index in [9.17, 15) is 0 Å². The molecule has 0 aliphatic heterocycles. The molecule has 0 N–H and O–H groups in total. The molecule has 1 aromatic heterocycles. The van der Waals surface area contributed by atoms with Crippen LogP contribution in [0.5, 0.6) is 0 Å². The number of benzene rings is 1. The van der Waals surface area contributed by atoms with Crippen molar-refractivity contribution < 1.29 is 0 Å². The van der Waals surface area contributed by atoms with Crippen molar-refractivity contribution in [2.24, 2.45) is 5.10 Å². The zero-order chi connectivity index (χ0) is 11.5. The first kappa shape index (κ1) is 10.5. The monoisotopic (exact) mass is 214 g/mol. The predicted molar refractivity (Wildman–Crippen MR) is 63.7 cm³/mol. The van der Waals surface area contributed by atoms with E-state index in [-0.39, 0.29) is 0 Å². The number of aryl methyl sites for hydroxylation is 3. The molecule has 16 heavy (non-hydrogen) atoms. The van der Waals surface area contributed by atoms with Crippen LogP contribution in [0.1, 0.15) is 22.8 Å². The fourth-order valence-corrected chi connectivity index (χ4v) is 1.48. The molecular weight excluding hydrogens is 200 g/mol. The number of hydrogen-bond acceptors (Lipinski definition) is 3. The average Bonchev–Trinajstić information content (AvgIpc) is 2.58. The van der Waals surface area contributed by atoms with E-state index >= 15 is 0 Å². The van der Waals surface area contributed by atoms with Crippen molar-refractivity contribution in [2.75, 3.05) is 0 Å². The lowest BCUT2D eigenvalue weighted by Crippen LogP contribution is -1.97. The molecule has 1 heterocycles. The molecule has 2 aromatic rings. The Labute approximate surface area is 94.6 Å². The first-order valence-electron chi connectivity index (χ1n) is 5.17. The highest BCUT2D eigenvalue weighted by Gasteiger charge is 2.01. The highest BCUT2D eigenvalue weighted by atomic mass is 15.4. The van der Waals surface area contributed by atoms with Gasteiger partial charge >= 0.3 is 0 Å². The molecule has 0 amide bonds. The summed E-state index contributed by atoms with van der Waals surface area (Å²) in [4.78, 5) is 0. The Morgan fingerprint density at radius 1 is 1.06 bits per heavy atom. The van der Waals surface area contributed by atoms with Gasteiger partial charge in [-0.05, 0) is 31.9 Å². The summed E-state index contributed by atoms with van der Waals surface area (Å²) in [7, 11) is 0. The molecule has 82 valence electrons. The van der Waals surface area contributed by atoms with E-state index in [1.54, 1.807) is 4.68 Å². The third kappa shape index (κ3) is 2.00. The lowest BCUT2D eigenvalue weighted by atomic mass is 10.1. The molecule has 0 atom stereocenters. The van der Waals surface area contributed by atoms with Crippen molar-refractivity contribution >= 4 is 6.21 Å². The second kappa shape index (κ2) is 4.26. The highest BCUT2D eigenvalue weighted by Crippen LogP contribution is 2.05. The van der Waals surface area contributed by atoms with Gasteiger partial charge in [0, 0.05) is 0 Å². The fourth-order valence-electron chi connectivity index (χ4n) is 1.48. The summed E-state index contributed by atoms with van der Waals surface area (Å²) < 4.78 is 1.73. The first-order valence-corrected chi connectivity index (χ1v) is 5.17. The zero-order valence-corrected chi connectivity index (χ0v) is 9.68. The molecule has 4 nitrogen and oxygen atoms in total. The first-order chi connectivity index (χ1) is 7.68. The molecule has 0 fully saturated rings. The molecule has 0 saturated heterocycles. The Hall–Kier alpha value is -1.97. The molecule has 2 rings (SSSR count). The average molecular weight is 214 g/mol. The molecule has 0 spiro atoms. The van der Waals surface area contributed by atoms with Crippen molar-refractivity contribution in [2.45, 2.75) is 20.8 Å². The van der Waals surface area contributed by atoms with E-state index in [2.05, 4.69) is 28.3 Å². The lowest BCUT2D eigenvalue weighted by Gasteiger charge is -1.99. The molecule has 0 radical (unpaired) electrons. The molecular formula is C12H14N4. The van der Waals surface area contributed by atoms with Crippen molar-refractivity contribution in [1.82, 2.24) is 14.9 Å². The summed E-state index contributed by atoms with van der Waals surface area (Å²) in [5.74, 6) is 1.59. The van der Waals surface area contributed by atoms with E-state index < -0.39 is 0 Å². The van der Waals surface area contributed by atoms with Crippen molar-refractivity contribution in [3.05, 3.63) is 47.0 Å². The van der Waals surface area contributed by atoms with Gasteiger partial charge in [0.05, 0.1) is 6.21 Å². The Bertz CT molecular complexity index is 506. The Balaban J connectivity index is 2.32. The minimum atomic E-state index is 0.794. The number of aromatic nitrogens is 3. The second-order valence-electron chi connectivity index (χ2n) is 3.71. The van der Waals surface area contributed by atoms with Crippen LogP contribution in [0.4, 0.5) is 0 Å². The maximum atomic E-state index is 4.36. The SMILES string of the molecule is Cc1ccccc1/C=N\n1c(C)nnc1C. The van der Waals surface area contributed by atoms with Crippen molar-refractivity contribution in [3.63, 3.8) is 0 Å². The van der Waals surface area contributed by atoms with Crippen LogP contribution in [0.2, 0.25) is 0 Å². The molecule has 1 aromatic carbocycles. The third-order valence-corrected chi connectivity index (χ3v) is 2.45. The van der Waals surface area contributed by atoms with Gasteiger partial charge in [-0.3, -0.25) is 0 Å². The van der Waals surface area contributed by atoms with Gasteiger partial charge in [0.25, 0.3) is 0 Å². The number of hydrogen-bond donors (Lipinski definition) is 0. The van der Waals surface area contributed by atoms with Crippen LogP contribution in [-0.2, 0) is 0 Å². The number of nitrogens with zero attached hydrogens (tertiary/aromatic N) is 4. The van der Waals surface area contributed by atoms with Crippen LogP contribution in [0.3, 0.4) is 0 Å². The van der Waals surface area contributed by atoms with Crippen LogP contribution >= 0.6 is 0 Å². The minimum absolute atomic E-state index is 0.794. The Morgan fingerprint density at radius 2 is 1.69 bits per heavy atom. The summed E-state index contributed by atoms with van der Waals surface area (Å²) in [6, 6.07) is 8.11. The van der Waals surface area contributed by atoms with Crippen molar-refractivity contribution in [1.29, 1.82) is 0 Å². The van der Waals surface area contributed by atoms with Gasteiger partial charge in [0.15, 0.2) is 11.6 Å². The van der Waals surface area contributed by atoms with Gasteiger partial charge in [-0.1, -0.05) is 24.3 Å². The molecule has 0 unspecified atom stereocenters. The molecule has 0 saturated carbocycles. The maximum absolute atomic E-state index is 4.36. The standard InChI is InChI=1S/C12H14N4/c1-9-6-4-5-7-12(9)8-13-16-10(2)14-15-11(16)3/h4-8H,1-3H3/b13-8-. The van der Waals surface area contributed by atoms with Gasteiger partial charge in [-0.25, -0.2) is 4.68 Å². The topological polar surface area (TPSA) is 43.1 Å². The summed E-state index contributed by atoms with van der Waals surface area (Å²) in [5, 5.41) is 12.3. The van der Waals surface area contributed by atoms with E-state index in [0.717, 1.165) is 17.2 Å². The lowest BCUT2D eigenvalue weighted by molar-refractivity contribution is 0.799. The zero-order valence-electron chi connectivity index (χ0n) is 9.68. The Morgan fingerprint density at radius 3 is 2.31 bits per heavy atom. The minimum Gasteiger partial charge on any atom is -0.202 e. The largest absolute Gasteiger partial charge is 0.202 e. The summed E-state index contributed by atoms with van der Waals surface area (Å²) in [6.07, 6.45) is 1.83. The van der Waals surface area contributed by atoms with Gasteiger partial charge < -0.3 is 0 Å².